The number of hydrogen-bond acceptors (Lipinski definition) is 4. The summed E-state index contributed by atoms with van der Waals surface area (Å²) in [5.74, 6) is 1.61. The summed E-state index contributed by atoms with van der Waals surface area (Å²) >= 11 is 0. The zero-order valence-corrected chi connectivity index (χ0v) is 23.9. The van der Waals surface area contributed by atoms with Crippen molar-refractivity contribution in [2.75, 3.05) is 16.8 Å². The zero-order valence-electron chi connectivity index (χ0n) is 23.9. The Morgan fingerprint density at radius 3 is 2.24 bits per heavy atom. The molecule has 1 aliphatic heterocycles. The minimum absolute atomic E-state index is 0.0166. The van der Waals surface area contributed by atoms with Gasteiger partial charge in [-0.15, -0.1) is 0 Å². The summed E-state index contributed by atoms with van der Waals surface area (Å²) in [6.45, 7) is 1.93. The van der Waals surface area contributed by atoms with Crippen LogP contribution in [0.25, 0.3) is 0 Å². The number of carbonyl (C=O) groups excluding carboxylic acids is 3. The first-order valence-corrected chi connectivity index (χ1v) is 15.1. The van der Waals surface area contributed by atoms with E-state index in [1.807, 2.05) is 79.7 Å². The third-order valence-electron chi connectivity index (χ3n) is 9.73. The molecular formula is C35H36N4O3. The number of nitrogens with one attached hydrogen (secondary N) is 2. The van der Waals surface area contributed by atoms with E-state index in [-0.39, 0.29) is 17.7 Å². The van der Waals surface area contributed by atoms with Gasteiger partial charge in [-0.05, 0) is 87.0 Å². The van der Waals surface area contributed by atoms with Crippen molar-refractivity contribution in [1.29, 1.82) is 0 Å². The van der Waals surface area contributed by atoms with Gasteiger partial charge in [0, 0.05) is 22.2 Å². The first-order chi connectivity index (χ1) is 20.4. The van der Waals surface area contributed by atoms with E-state index in [1.165, 1.54) is 19.3 Å². The lowest BCUT2D eigenvalue weighted by molar-refractivity contribution is -0.143. The summed E-state index contributed by atoms with van der Waals surface area (Å²) < 4.78 is 0. The Bertz CT molecular complexity index is 1540. The molecule has 0 radical (unpaired) electrons. The Morgan fingerprint density at radius 2 is 1.55 bits per heavy atom. The van der Waals surface area contributed by atoms with Crippen LogP contribution in [0.15, 0.2) is 83.9 Å². The van der Waals surface area contributed by atoms with Crippen LogP contribution in [0, 0.1) is 30.1 Å². The highest BCUT2D eigenvalue weighted by Gasteiger charge is 2.54. The fourth-order valence-corrected chi connectivity index (χ4v) is 8.29. The van der Waals surface area contributed by atoms with Crippen molar-refractivity contribution in [3.05, 3.63) is 95.6 Å². The van der Waals surface area contributed by atoms with Crippen LogP contribution < -0.4 is 15.5 Å². The molecule has 42 heavy (non-hydrogen) atoms. The quantitative estimate of drug-likeness (QED) is 0.381. The lowest BCUT2D eigenvalue weighted by atomic mass is 9.48. The van der Waals surface area contributed by atoms with Crippen LogP contribution in [0.1, 0.15) is 55.2 Å². The second-order valence-electron chi connectivity index (χ2n) is 12.8. The second-order valence-corrected chi connectivity index (χ2v) is 12.8. The highest BCUT2D eigenvalue weighted by Crippen LogP contribution is 2.60. The molecule has 3 amide bonds. The van der Waals surface area contributed by atoms with E-state index in [0.29, 0.717) is 34.8 Å². The summed E-state index contributed by atoms with van der Waals surface area (Å²) in [6, 6.07) is 24.2. The number of amides is 3. The van der Waals surface area contributed by atoms with Gasteiger partial charge >= 0.3 is 6.03 Å². The Balaban J connectivity index is 1.24. The fraction of sp³-hybridized carbons (Fsp3) is 0.371. The number of Topliss-reactive ketones (excluding diaryl/α,β-unsaturated/α-hetero) is 1. The monoisotopic (exact) mass is 560 g/mol. The number of benzene rings is 3. The SMILES string of the molecule is Cc1cccc(NC(=O)NC2N=C(c3ccccc3)c3ccccc3N(CC(=O)C34CC5CC(CC(C5)C3)C4)C2=O)c1. The molecule has 4 saturated carbocycles. The van der Waals surface area contributed by atoms with Crippen LogP contribution in [0.4, 0.5) is 16.2 Å². The molecule has 1 heterocycles. The average Bonchev–Trinajstić information content (AvgIpc) is 3.08. The van der Waals surface area contributed by atoms with E-state index in [1.54, 1.807) is 11.0 Å². The maximum absolute atomic E-state index is 14.3. The maximum Gasteiger partial charge on any atom is 0.321 e. The largest absolute Gasteiger partial charge is 0.321 e. The number of hydrogen-bond donors (Lipinski definition) is 2. The van der Waals surface area contributed by atoms with Crippen molar-refractivity contribution in [2.24, 2.45) is 28.2 Å². The van der Waals surface area contributed by atoms with E-state index in [2.05, 4.69) is 10.6 Å². The van der Waals surface area contributed by atoms with E-state index >= 15 is 0 Å². The number of rotatable bonds is 6. The van der Waals surface area contributed by atoms with Crippen LogP contribution in [-0.4, -0.2) is 36.1 Å². The zero-order chi connectivity index (χ0) is 28.8. The molecule has 7 nitrogen and oxygen atoms in total. The Hall–Kier alpha value is -4.26. The van der Waals surface area contributed by atoms with Gasteiger partial charge < -0.3 is 15.5 Å². The number of nitrogens with zero attached hydrogens (tertiary/aromatic N) is 2. The third-order valence-corrected chi connectivity index (χ3v) is 9.73. The first-order valence-electron chi connectivity index (χ1n) is 15.1. The lowest BCUT2D eigenvalue weighted by Crippen LogP contribution is -2.55. The summed E-state index contributed by atoms with van der Waals surface area (Å²) in [5, 5.41) is 5.64. The van der Waals surface area contributed by atoms with Crippen molar-refractivity contribution in [3.8, 4) is 0 Å². The number of aryl methyl sites for hydroxylation is 1. The van der Waals surface area contributed by atoms with Gasteiger partial charge in [0.05, 0.1) is 17.9 Å². The predicted octanol–water partition coefficient (Wildman–Crippen LogP) is 6.11. The second kappa shape index (κ2) is 10.5. The topological polar surface area (TPSA) is 90.9 Å². The third kappa shape index (κ3) is 4.91. The molecule has 1 unspecified atom stereocenters. The van der Waals surface area contributed by atoms with Crippen molar-refractivity contribution < 1.29 is 14.4 Å². The molecule has 3 aromatic carbocycles. The van der Waals surface area contributed by atoms with Gasteiger partial charge in [0.2, 0.25) is 6.17 Å². The van der Waals surface area contributed by atoms with E-state index in [4.69, 9.17) is 4.99 Å². The number of fused-ring (bicyclic) bond motifs is 1. The van der Waals surface area contributed by atoms with Crippen LogP contribution in [0.5, 0.6) is 0 Å². The van der Waals surface area contributed by atoms with Crippen LogP contribution in [-0.2, 0) is 9.59 Å². The minimum atomic E-state index is -1.21. The van der Waals surface area contributed by atoms with Crippen molar-refractivity contribution >= 4 is 34.8 Å². The Kier molecular flexibility index (Phi) is 6.68. The van der Waals surface area contributed by atoms with Gasteiger partial charge in [-0.2, -0.15) is 0 Å². The highest BCUT2D eigenvalue weighted by atomic mass is 16.2. The summed E-state index contributed by atoms with van der Waals surface area (Å²) in [7, 11) is 0. The number of carbonyl (C=O) groups is 3. The van der Waals surface area contributed by atoms with Gasteiger partial charge in [-0.3, -0.25) is 9.59 Å². The standard InChI is InChI=1S/C35H36N4O3/c1-22-8-7-11-27(14-22)36-34(42)38-32-33(41)39(21-30(40)35-18-23-15-24(19-35)17-25(16-23)20-35)29-13-6-5-12-28(29)31(37-32)26-9-3-2-4-10-26/h2-14,23-25,32H,15-21H2,1H3,(H2,36,38,42). The minimum Gasteiger partial charge on any atom is -0.308 e. The summed E-state index contributed by atoms with van der Waals surface area (Å²) in [5.41, 5.74) is 4.13. The molecular weight excluding hydrogens is 524 g/mol. The molecule has 7 heteroatoms. The van der Waals surface area contributed by atoms with E-state index in [9.17, 15) is 14.4 Å². The molecule has 3 aromatic rings. The van der Waals surface area contributed by atoms with Gasteiger partial charge in [0.1, 0.15) is 0 Å². The van der Waals surface area contributed by atoms with Gasteiger partial charge in [-0.1, -0.05) is 60.7 Å². The molecule has 5 aliphatic rings. The smallest absolute Gasteiger partial charge is 0.308 e. The van der Waals surface area contributed by atoms with Crippen molar-refractivity contribution in [3.63, 3.8) is 0 Å². The van der Waals surface area contributed by atoms with Crippen molar-refractivity contribution in [2.45, 2.75) is 51.6 Å². The van der Waals surface area contributed by atoms with Crippen LogP contribution in [0.2, 0.25) is 0 Å². The lowest BCUT2D eigenvalue weighted by Gasteiger charge is -2.56. The Morgan fingerprint density at radius 1 is 0.881 bits per heavy atom. The predicted molar refractivity (Wildman–Crippen MR) is 164 cm³/mol. The number of aliphatic imine (C=N–C) groups is 1. The summed E-state index contributed by atoms with van der Waals surface area (Å²) in [4.78, 5) is 48.2. The number of ketones is 1. The maximum atomic E-state index is 14.3. The molecule has 4 bridgehead atoms. The molecule has 4 aliphatic carbocycles. The van der Waals surface area contributed by atoms with Gasteiger partial charge in [-0.25, -0.2) is 9.79 Å². The first kappa shape index (κ1) is 26.6. The molecule has 0 aromatic heterocycles. The molecule has 4 fully saturated rings. The number of urea groups is 1. The number of anilines is 2. The molecule has 1 atom stereocenters. The van der Waals surface area contributed by atoms with Crippen molar-refractivity contribution in [1.82, 2.24) is 5.32 Å². The van der Waals surface area contributed by atoms with Gasteiger partial charge in [0.25, 0.3) is 5.91 Å². The number of benzodiazepines with no additional fused rings is 1. The number of para-hydroxylation sites is 1. The molecule has 8 rings (SSSR count). The molecule has 214 valence electrons. The molecule has 0 saturated heterocycles. The van der Waals surface area contributed by atoms with Gasteiger partial charge in [0.15, 0.2) is 5.78 Å². The van der Waals surface area contributed by atoms with Crippen LogP contribution in [0.3, 0.4) is 0 Å². The molecule has 2 N–H and O–H groups in total. The highest BCUT2D eigenvalue weighted by molar-refractivity contribution is 6.21. The Labute approximate surface area is 246 Å². The van der Waals surface area contributed by atoms with Crippen LogP contribution >= 0.6 is 0 Å². The van der Waals surface area contributed by atoms with E-state index in [0.717, 1.165) is 36.0 Å². The summed E-state index contributed by atoms with van der Waals surface area (Å²) in [6.07, 6.45) is 5.34. The van der Waals surface area contributed by atoms with E-state index < -0.39 is 18.1 Å². The fourth-order valence-electron chi connectivity index (χ4n) is 8.29. The normalized spacial score (nSPS) is 27.6. The average molecular weight is 561 g/mol. The molecule has 0 spiro atoms.